The largest absolute Gasteiger partial charge is 0.394 e. The molecule has 0 amide bonds. The van der Waals surface area contributed by atoms with Crippen LogP contribution in [0.2, 0.25) is 0 Å². The van der Waals surface area contributed by atoms with Crippen molar-refractivity contribution in [3.8, 4) is 0 Å². The second-order valence-corrected chi connectivity index (χ2v) is 7.40. The molecule has 1 fully saturated rings. The van der Waals surface area contributed by atoms with Crippen LogP contribution in [-0.2, 0) is 42.6 Å². The van der Waals surface area contributed by atoms with E-state index in [2.05, 4.69) is 0 Å². The van der Waals surface area contributed by atoms with Crippen molar-refractivity contribution in [3.05, 3.63) is 0 Å². The fourth-order valence-corrected chi connectivity index (χ4v) is 3.03. The second-order valence-electron chi connectivity index (χ2n) is 7.40. The summed E-state index contributed by atoms with van der Waals surface area (Å²) in [5.41, 5.74) is 0. The first-order valence-electron chi connectivity index (χ1n) is 12.3. The molecule has 0 saturated heterocycles. The Hall–Kier alpha value is -0.400. The highest BCUT2D eigenvalue weighted by atomic mass is 16.6. The van der Waals surface area contributed by atoms with E-state index in [-0.39, 0.29) is 6.61 Å². The Morgan fingerprint density at radius 3 is 0.970 bits per heavy atom. The highest BCUT2D eigenvalue weighted by molar-refractivity contribution is 4.66. The van der Waals surface area contributed by atoms with E-state index >= 15 is 0 Å². The zero-order valence-electron chi connectivity index (χ0n) is 20.3. The second kappa shape index (κ2) is 26.2. The Morgan fingerprint density at radius 1 is 0.394 bits per heavy atom. The van der Waals surface area contributed by atoms with Crippen molar-refractivity contribution in [1.82, 2.24) is 0 Å². The number of hydrogen-bond acceptors (Lipinski definition) is 10. The molecule has 0 bridgehead atoms. The summed E-state index contributed by atoms with van der Waals surface area (Å²) >= 11 is 0. The van der Waals surface area contributed by atoms with Gasteiger partial charge in [-0.3, -0.25) is 0 Å². The Kier molecular flexibility index (Phi) is 24.3. The van der Waals surface area contributed by atoms with Crippen LogP contribution < -0.4 is 0 Å². The summed E-state index contributed by atoms with van der Waals surface area (Å²) in [6.45, 7) is 9.09. The first kappa shape index (κ1) is 30.6. The summed E-state index contributed by atoms with van der Waals surface area (Å²) in [4.78, 5) is 0. The van der Waals surface area contributed by atoms with Crippen LogP contribution in [0.15, 0.2) is 0 Å². The molecule has 0 atom stereocenters. The molecular formula is C23H46O10. The van der Waals surface area contributed by atoms with Crippen LogP contribution >= 0.6 is 0 Å². The maximum atomic E-state index is 8.55. The summed E-state index contributed by atoms with van der Waals surface area (Å²) in [6, 6.07) is 0. The fraction of sp³-hybridized carbons (Fsp3) is 1.00. The van der Waals surface area contributed by atoms with Gasteiger partial charge in [-0.1, -0.05) is 12.8 Å². The van der Waals surface area contributed by atoms with Gasteiger partial charge in [-0.2, -0.15) is 0 Å². The van der Waals surface area contributed by atoms with E-state index in [4.69, 9.17) is 47.7 Å². The molecule has 0 spiro atoms. The van der Waals surface area contributed by atoms with Gasteiger partial charge in [0.15, 0.2) is 0 Å². The third-order valence-corrected chi connectivity index (χ3v) is 4.72. The molecule has 0 aromatic heterocycles. The molecule has 0 aromatic carbocycles. The third kappa shape index (κ3) is 23.1. The van der Waals surface area contributed by atoms with Crippen LogP contribution in [0.25, 0.3) is 0 Å². The lowest BCUT2D eigenvalue weighted by atomic mass is 10.3. The minimum absolute atomic E-state index is 0.0330. The van der Waals surface area contributed by atoms with Crippen LogP contribution in [-0.4, -0.2) is 130 Å². The molecule has 1 N–H and O–H groups in total. The van der Waals surface area contributed by atoms with E-state index < -0.39 is 0 Å². The molecule has 1 rings (SSSR count). The summed E-state index contributed by atoms with van der Waals surface area (Å²) in [6.07, 6.45) is 5.42. The van der Waals surface area contributed by atoms with Gasteiger partial charge in [-0.05, 0) is 12.8 Å². The summed E-state index contributed by atoms with van der Waals surface area (Å²) in [5.74, 6) is 0. The van der Waals surface area contributed by atoms with Crippen LogP contribution in [0, 0.1) is 0 Å². The number of aliphatic hydroxyl groups excluding tert-OH is 1. The van der Waals surface area contributed by atoms with Crippen molar-refractivity contribution in [2.45, 2.75) is 31.8 Å². The van der Waals surface area contributed by atoms with E-state index in [1.807, 2.05) is 0 Å². The minimum atomic E-state index is 0.0330. The molecule has 0 aliphatic heterocycles. The summed E-state index contributed by atoms with van der Waals surface area (Å²) < 4.78 is 48.8. The van der Waals surface area contributed by atoms with Gasteiger partial charge in [0.2, 0.25) is 0 Å². The smallest absolute Gasteiger partial charge is 0.0704 e. The first-order valence-corrected chi connectivity index (χ1v) is 12.3. The monoisotopic (exact) mass is 482 g/mol. The van der Waals surface area contributed by atoms with Crippen LogP contribution in [0.3, 0.4) is 0 Å². The Morgan fingerprint density at radius 2 is 0.667 bits per heavy atom. The number of aliphatic hydroxyl groups is 1. The van der Waals surface area contributed by atoms with Crippen molar-refractivity contribution in [2.24, 2.45) is 0 Å². The van der Waals surface area contributed by atoms with Gasteiger partial charge >= 0.3 is 0 Å². The zero-order valence-corrected chi connectivity index (χ0v) is 20.3. The molecule has 0 aromatic rings. The molecule has 0 heterocycles. The number of rotatable bonds is 27. The van der Waals surface area contributed by atoms with Gasteiger partial charge < -0.3 is 47.7 Å². The molecule has 1 saturated carbocycles. The van der Waals surface area contributed by atoms with E-state index in [1.165, 1.54) is 25.7 Å². The number of hydrogen-bond donors (Lipinski definition) is 1. The molecule has 0 radical (unpaired) electrons. The Balaban J connectivity index is 1.60. The minimum Gasteiger partial charge on any atom is -0.394 e. The topological polar surface area (TPSA) is 103 Å². The van der Waals surface area contributed by atoms with Crippen molar-refractivity contribution in [2.75, 3.05) is 119 Å². The quantitative estimate of drug-likeness (QED) is 0.171. The highest BCUT2D eigenvalue weighted by Gasteiger charge is 2.14. The molecule has 10 nitrogen and oxygen atoms in total. The summed E-state index contributed by atoms with van der Waals surface area (Å²) in [7, 11) is 0. The SMILES string of the molecule is OCCOCCOCCOCCOCCOCCOCCOCCOCCOC1CCCC1. The molecular weight excluding hydrogens is 436 g/mol. The van der Waals surface area contributed by atoms with Crippen molar-refractivity contribution in [1.29, 1.82) is 0 Å². The first-order chi connectivity index (χ1) is 16.4. The van der Waals surface area contributed by atoms with E-state index in [0.717, 1.165) is 0 Å². The lowest BCUT2D eigenvalue weighted by Crippen LogP contribution is -2.16. The van der Waals surface area contributed by atoms with E-state index in [9.17, 15) is 0 Å². The predicted molar refractivity (Wildman–Crippen MR) is 122 cm³/mol. The highest BCUT2D eigenvalue weighted by Crippen LogP contribution is 2.20. The van der Waals surface area contributed by atoms with Gasteiger partial charge in [0, 0.05) is 0 Å². The molecule has 1 aliphatic rings. The van der Waals surface area contributed by atoms with Gasteiger partial charge in [0.25, 0.3) is 0 Å². The van der Waals surface area contributed by atoms with Crippen LogP contribution in [0.5, 0.6) is 0 Å². The Bertz CT molecular complexity index is 369. The average Bonchev–Trinajstić information content (AvgIpc) is 3.35. The van der Waals surface area contributed by atoms with Crippen molar-refractivity contribution in [3.63, 3.8) is 0 Å². The lowest BCUT2D eigenvalue weighted by Gasteiger charge is -2.11. The third-order valence-electron chi connectivity index (χ3n) is 4.72. The van der Waals surface area contributed by atoms with E-state index in [0.29, 0.717) is 118 Å². The van der Waals surface area contributed by atoms with Gasteiger partial charge in [-0.25, -0.2) is 0 Å². The average molecular weight is 483 g/mol. The van der Waals surface area contributed by atoms with E-state index in [1.54, 1.807) is 0 Å². The zero-order chi connectivity index (χ0) is 23.5. The normalized spacial score (nSPS) is 14.5. The van der Waals surface area contributed by atoms with Crippen LogP contribution in [0.4, 0.5) is 0 Å². The fourth-order valence-electron chi connectivity index (χ4n) is 3.03. The van der Waals surface area contributed by atoms with Crippen molar-refractivity contribution >= 4 is 0 Å². The van der Waals surface area contributed by atoms with Crippen LogP contribution in [0.1, 0.15) is 25.7 Å². The summed E-state index contributed by atoms with van der Waals surface area (Å²) in [5, 5.41) is 8.55. The molecule has 0 unspecified atom stereocenters. The molecule has 33 heavy (non-hydrogen) atoms. The molecule has 10 heteroatoms. The number of ether oxygens (including phenoxy) is 9. The standard InChI is InChI=1S/C23H46O10/c24-5-6-25-7-8-26-9-10-27-11-12-28-13-14-29-15-16-30-17-18-31-19-20-32-21-22-33-23-3-1-2-4-23/h23-24H,1-22H2. The molecule has 198 valence electrons. The maximum Gasteiger partial charge on any atom is 0.0704 e. The molecule has 1 aliphatic carbocycles. The maximum absolute atomic E-state index is 8.55. The van der Waals surface area contributed by atoms with Gasteiger partial charge in [-0.15, -0.1) is 0 Å². The van der Waals surface area contributed by atoms with Gasteiger partial charge in [0.05, 0.1) is 125 Å². The Labute approximate surface area is 199 Å². The van der Waals surface area contributed by atoms with Crippen molar-refractivity contribution < 1.29 is 47.7 Å². The lowest BCUT2D eigenvalue weighted by molar-refractivity contribution is -0.0286. The van der Waals surface area contributed by atoms with Gasteiger partial charge in [0.1, 0.15) is 0 Å². The predicted octanol–water partition coefficient (Wildman–Crippen LogP) is 1.07.